The number of carbonyl (C=O) groups is 2. The average molecular weight is 421 g/mol. The Bertz CT molecular complexity index is 929. The molecule has 1 amide bonds. The number of Topliss-reactive ketones (excluding diaryl/α,β-unsaturated/α-hetero) is 1. The Morgan fingerprint density at radius 1 is 1.14 bits per heavy atom. The van der Waals surface area contributed by atoms with Crippen LogP contribution in [0.2, 0.25) is 0 Å². The summed E-state index contributed by atoms with van der Waals surface area (Å²) in [6.07, 6.45) is 1.02. The highest BCUT2D eigenvalue weighted by molar-refractivity contribution is 7.89. The highest BCUT2D eigenvalue weighted by atomic mass is 32.2. The molecule has 1 aliphatic rings. The highest BCUT2D eigenvalue weighted by Crippen LogP contribution is 2.25. The first-order chi connectivity index (χ1) is 13.3. The maximum atomic E-state index is 12.8. The zero-order valence-electron chi connectivity index (χ0n) is 16.0. The summed E-state index contributed by atoms with van der Waals surface area (Å²) in [6.45, 7) is 2.66. The summed E-state index contributed by atoms with van der Waals surface area (Å²) in [4.78, 5) is 25.9. The lowest BCUT2D eigenvalue weighted by molar-refractivity contribution is -0.135. The van der Waals surface area contributed by atoms with Gasteiger partial charge in [0.15, 0.2) is 5.78 Å². The van der Waals surface area contributed by atoms with Gasteiger partial charge in [-0.15, -0.1) is 0 Å². The van der Waals surface area contributed by atoms with E-state index in [2.05, 4.69) is 0 Å². The molecular formula is C20H24N2O4S2. The summed E-state index contributed by atoms with van der Waals surface area (Å²) in [5.74, 6) is -0.195. The third kappa shape index (κ3) is 4.51. The van der Waals surface area contributed by atoms with Gasteiger partial charge in [0.2, 0.25) is 15.9 Å². The summed E-state index contributed by atoms with van der Waals surface area (Å²) < 4.78 is 27.1. The molecule has 1 aliphatic heterocycles. The molecule has 0 unspecified atom stereocenters. The summed E-state index contributed by atoms with van der Waals surface area (Å²) >= 11 is 1.60. The van der Waals surface area contributed by atoms with E-state index in [0.29, 0.717) is 38.0 Å². The number of thiophene rings is 1. The average Bonchev–Trinajstić information content (AvgIpc) is 3.20. The van der Waals surface area contributed by atoms with Crippen molar-refractivity contribution >= 4 is 33.1 Å². The van der Waals surface area contributed by atoms with Crippen LogP contribution in [0.15, 0.2) is 46.0 Å². The van der Waals surface area contributed by atoms with Gasteiger partial charge < -0.3 is 4.90 Å². The molecule has 1 aromatic heterocycles. The van der Waals surface area contributed by atoms with Gasteiger partial charge in [-0.25, -0.2) is 8.42 Å². The van der Waals surface area contributed by atoms with Gasteiger partial charge in [-0.1, -0.05) is 12.1 Å². The molecule has 0 saturated carbocycles. The van der Waals surface area contributed by atoms with Crippen molar-refractivity contribution < 1.29 is 18.0 Å². The van der Waals surface area contributed by atoms with Gasteiger partial charge in [-0.05, 0) is 54.3 Å². The van der Waals surface area contributed by atoms with Crippen LogP contribution in [0.4, 0.5) is 0 Å². The maximum absolute atomic E-state index is 12.8. The molecular weight excluding hydrogens is 396 g/mol. The molecule has 28 heavy (non-hydrogen) atoms. The maximum Gasteiger partial charge on any atom is 0.243 e. The Morgan fingerprint density at radius 3 is 2.32 bits per heavy atom. The van der Waals surface area contributed by atoms with Crippen molar-refractivity contribution in [2.75, 3.05) is 20.1 Å². The van der Waals surface area contributed by atoms with Gasteiger partial charge >= 0.3 is 0 Å². The molecule has 0 spiro atoms. The molecule has 2 aromatic rings. The van der Waals surface area contributed by atoms with Crippen LogP contribution in [0.1, 0.15) is 35.7 Å². The number of hydrogen-bond acceptors (Lipinski definition) is 5. The lowest BCUT2D eigenvalue weighted by Crippen LogP contribution is -2.43. The van der Waals surface area contributed by atoms with Gasteiger partial charge in [-0.3, -0.25) is 9.59 Å². The molecule has 0 radical (unpaired) electrons. The van der Waals surface area contributed by atoms with Crippen molar-refractivity contribution in [3.05, 3.63) is 52.2 Å². The van der Waals surface area contributed by atoms with Crippen molar-refractivity contribution in [2.45, 2.75) is 31.2 Å². The minimum absolute atomic E-state index is 0.0639. The summed E-state index contributed by atoms with van der Waals surface area (Å²) in [5, 5.41) is 4.01. The number of hydrogen-bond donors (Lipinski definition) is 0. The Balaban J connectivity index is 1.60. The molecule has 0 aliphatic carbocycles. The smallest absolute Gasteiger partial charge is 0.243 e. The Kier molecular flexibility index (Phi) is 6.32. The lowest BCUT2D eigenvalue weighted by Gasteiger charge is -2.32. The zero-order chi connectivity index (χ0) is 20.3. The van der Waals surface area contributed by atoms with Gasteiger partial charge in [0.05, 0.1) is 4.90 Å². The minimum Gasteiger partial charge on any atom is -0.341 e. The SMILES string of the molecule is CC(=O)c1ccc(S(=O)(=O)N2CCC(C(=O)N(C)Cc3ccsc3)CC2)cc1. The van der Waals surface area contributed by atoms with Gasteiger partial charge in [-0.2, -0.15) is 15.6 Å². The molecule has 150 valence electrons. The summed E-state index contributed by atoms with van der Waals surface area (Å²) in [5.41, 5.74) is 1.59. The fourth-order valence-corrected chi connectivity index (χ4v) is 5.53. The first-order valence-electron chi connectivity index (χ1n) is 9.16. The van der Waals surface area contributed by atoms with Crippen molar-refractivity contribution in [2.24, 2.45) is 5.92 Å². The standard InChI is InChI=1S/C20H24N2O4S2/c1-15(23)17-3-5-19(6-4-17)28(25,26)22-10-7-18(8-11-22)20(24)21(2)13-16-9-12-27-14-16/h3-6,9,12,14,18H,7-8,10-11,13H2,1-2H3. The number of nitrogens with zero attached hydrogens (tertiary/aromatic N) is 2. The number of sulfonamides is 1. The van der Waals surface area contributed by atoms with E-state index in [0.717, 1.165) is 5.56 Å². The van der Waals surface area contributed by atoms with Crippen molar-refractivity contribution in [3.8, 4) is 0 Å². The highest BCUT2D eigenvalue weighted by Gasteiger charge is 2.33. The number of carbonyl (C=O) groups excluding carboxylic acids is 2. The van der Waals surface area contributed by atoms with Crippen LogP contribution in [0, 0.1) is 5.92 Å². The van der Waals surface area contributed by atoms with Crippen LogP contribution >= 0.6 is 11.3 Å². The van der Waals surface area contributed by atoms with E-state index in [1.54, 1.807) is 23.3 Å². The number of amides is 1. The Morgan fingerprint density at radius 2 is 1.79 bits per heavy atom. The zero-order valence-corrected chi connectivity index (χ0v) is 17.6. The predicted octanol–water partition coefficient (Wildman–Crippen LogP) is 3.01. The molecule has 8 heteroatoms. The van der Waals surface area contributed by atoms with Gasteiger partial charge in [0.1, 0.15) is 0 Å². The van der Waals surface area contributed by atoms with E-state index in [1.165, 1.54) is 35.5 Å². The fourth-order valence-electron chi connectivity index (χ4n) is 3.40. The van der Waals surface area contributed by atoms with Gasteiger partial charge in [0, 0.05) is 38.2 Å². The molecule has 3 rings (SSSR count). The second-order valence-corrected chi connectivity index (χ2v) is 9.80. The quantitative estimate of drug-likeness (QED) is 0.674. The predicted molar refractivity (Wildman–Crippen MR) is 109 cm³/mol. The third-order valence-corrected chi connectivity index (χ3v) is 7.72. The first kappa shape index (κ1) is 20.7. The van der Waals surface area contributed by atoms with E-state index in [-0.39, 0.29) is 22.5 Å². The second-order valence-electron chi connectivity index (χ2n) is 7.08. The van der Waals surface area contributed by atoms with Crippen LogP contribution < -0.4 is 0 Å². The second kappa shape index (κ2) is 8.55. The topological polar surface area (TPSA) is 74.8 Å². The normalized spacial score (nSPS) is 16.1. The van der Waals surface area contributed by atoms with Crippen LogP contribution in [0.5, 0.6) is 0 Å². The molecule has 0 atom stereocenters. The van der Waals surface area contributed by atoms with E-state index in [1.807, 2.05) is 16.8 Å². The van der Waals surface area contributed by atoms with Crippen LogP contribution in [0.3, 0.4) is 0 Å². The Hall–Kier alpha value is -2.03. The summed E-state index contributed by atoms with van der Waals surface area (Å²) in [7, 11) is -1.83. The minimum atomic E-state index is -3.62. The first-order valence-corrected chi connectivity index (χ1v) is 11.5. The molecule has 6 nitrogen and oxygen atoms in total. The van der Waals surface area contributed by atoms with E-state index in [4.69, 9.17) is 0 Å². The number of ketones is 1. The molecule has 1 fully saturated rings. The largest absolute Gasteiger partial charge is 0.341 e. The van der Waals surface area contributed by atoms with Crippen molar-refractivity contribution in [1.82, 2.24) is 9.21 Å². The van der Waals surface area contributed by atoms with E-state index >= 15 is 0 Å². The lowest BCUT2D eigenvalue weighted by atomic mass is 9.96. The van der Waals surface area contributed by atoms with Crippen LogP contribution in [0.25, 0.3) is 0 Å². The van der Waals surface area contributed by atoms with E-state index < -0.39 is 10.0 Å². The van der Waals surface area contributed by atoms with Crippen molar-refractivity contribution in [1.29, 1.82) is 0 Å². The van der Waals surface area contributed by atoms with E-state index in [9.17, 15) is 18.0 Å². The molecule has 1 aromatic carbocycles. The van der Waals surface area contributed by atoms with Gasteiger partial charge in [0.25, 0.3) is 0 Å². The fraction of sp³-hybridized carbons (Fsp3) is 0.400. The number of benzene rings is 1. The number of rotatable bonds is 6. The molecule has 2 heterocycles. The Labute approximate surface area is 169 Å². The van der Waals surface area contributed by atoms with Crippen LogP contribution in [-0.4, -0.2) is 49.5 Å². The number of piperidine rings is 1. The van der Waals surface area contributed by atoms with Crippen molar-refractivity contribution in [3.63, 3.8) is 0 Å². The van der Waals surface area contributed by atoms with Crippen LogP contribution in [-0.2, 0) is 21.4 Å². The summed E-state index contributed by atoms with van der Waals surface area (Å²) in [6, 6.07) is 8.01. The molecule has 1 saturated heterocycles. The monoisotopic (exact) mass is 420 g/mol. The molecule has 0 N–H and O–H groups in total. The molecule has 0 bridgehead atoms. The third-order valence-electron chi connectivity index (χ3n) is 5.08.